The fourth-order valence-corrected chi connectivity index (χ4v) is 63.0. The van der Waals surface area contributed by atoms with Gasteiger partial charge < -0.3 is 0 Å². The third kappa shape index (κ3) is 6.84. The molecule has 3 saturated carbocycles. The van der Waals surface area contributed by atoms with Gasteiger partial charge in [-0.2, -0.15) is 0 Å². The van der Waals surface area contributed by atoms with Gasteiger partial charge in [0.1, 0.15) is 0 Å². The van der Waals surface area contributed by atoms with Gasteiger partial charge in [-0.1, -0.05) is 0 Å². The van der Waals surface area contributed by atoms with Gasteiger partial charge in [0, 0.05) is 0 Å². The quantitative estimate of drug-likeness (QED) is 0.135. The maximum absolute atomic E-state index is 10.1. The van der Waals surface area contributed by atoms with Crippen molar-refractivity contribution in [3.05, 3.63) is 135 Å². The van der Waals surface area contributed by atoms with Crippen molar-refractivity contribution in [1.82, 2.24) is 0 Å². The van der Waals surface area contributed by atoms with Crippen LogP contribution in [0.4, 0.5) is 11.4 Å². The maximum atomic E-state index is 10.1. The summed E-state index contributed by atoms with van der Waals surface area (Å²) in [4.78, 5) is 5.57. The zero-order valence-electron chi connectivity index (χ0n) is 37.3. The third-order valence-corrected chi connectivity index (χ3v) is 54.3. The molecule has 1 saturated heterocycles. The molecule has 0 radical (unpaired) electrons. The van der Waals surface area contributed by atoms with Gasteiger partial charge in [-0.15, -0.1) is 0 Å². The molecule has 2 nitrogen and oxygen atoms in total. The SMILES string of the molecule is Cc1cc(C)c(N2CCN(c3c(C)cc(C)cc3C)[C]2=[Ru]([Cl])([Cl])(=[C]2C=C(c3ccccc3)c3ccccc32)[PH](C2CCCCC2)(C2CCCCC2)C2CCCCC2)c(C)c1. The molecule has 4 aliphatic carbocycles. The van der Waals surface area contributed by atoms with Crippen LogP contribution < -0.4 is 9.80 Å². The van der Waals surface area contributed by atoms with Crippen LogP contribution in [-0.4, -0.2) is 38.5 Å². The molecule has 60 heavy (non-hydrogen) atoms. The van der Waals surface area contributed by atoms with E-state index < -0.39 is 15.8 Å². The molecule has 0 N–H and O–H groups in total. The van der Waals surface area contributed by atoms with Gasteiger partial charge in [-0.05, 0) is 0 Å². The number of hydrogen-bond acceptors (Lipinski definition) is 2. The van der Waals surface area contributed by atoms with E-state index in [4.69, 9.17) is 0 Å². The van der Waals surface area contributed by atoms with Crippen LogP contribution >= 0.6 is 25.0 Å². The van der Waals surface area contributed by atoms with E-state index in [2.05, 4.69) is 136 Å². The van der Waals surface area contributed by atoms with E-state index in [1.807, 2.05) is 0 Å². The number of allylic oxidation sites excluding steroid dienone is 1. The predicted octanol–water partition coefficient (Wildman–Crippen LogP) is 15.3. The summed E-state index contributed by atoms with van der Waals surface area (Å²) in [6, 6.07) is 30.1. The number of hydrogen-bond donors (Lipinski definition) is 0. The van der Waals surface area contributed by atoms with Gasteiger partial charge in [0.25, 0.3) is 0 Å². The number of aryl methyl sites for hydroxylation is 6. The molecule has 0 atom stereocenters. The minimum absolute atomic E-state index is 0.615. The second kappa shape index (κ2) is 16.9. The second-order valence-corrected chi connectivity index (χ2v) is 47.2. The van der Waals surface area contributed by atoms with Crippen molar-refractivity contribution in [2.75, 3.05) is 22.9 Å². The van der Waals surface area contributed by atoms with Crippen LogP contribution in [0.2, 0.25) is 0 Å². The molecule has 4 fully saturated rings. The van der Waals surface area contributed by atoms with Crippen molar-refractivity contribution < 1.29 is 10.2 Å². The van der Waals surface area contributed by atoms with Gasteiger partial charge in [0.05, 0.1) is 0 Å². The molecule has 6 heteroatoms. The Morgan fingerprint density at radius 3 is 1.30 bits per heavy atom. The van der Waals surface area contributed by atoms with Crippen LogP contribution in [-0.2, 0) is 10.2 Å². The Hall–Kier alpha value is -2.41. The van der Waals surface area contributed by atoms with E-state index in [1.54, 1.807) is 0 Å². The molecule has 0 unspecified atom stereocenters. The summed E-state index contributed by atoms with van der Waals surface area (Å²) in [5, 5.41) is 0. The first-order valence-electron chi connectivity index (χ1n) is 23.5. The summed E-state index contributed by atoms with van der Waals surface area (Å²) in [5.74, 6) is 0. The van der Waals surface area contributed by atoms with Crippen molar-refractivity contribution in [1.29, 1.82) is 0 Å². The Kier molecular flexibility index (Phi) is 12.1. The fraction of sp³-hybridized carbons (Fsp3) is 0.481. The summed E-state index contributed by atoms with van der Waals surface area (Å²) in [6.07, 6.45) is 22.4. The standard InChI is InChI=1S/C21H26N2.C18H33P.C15H10.2ClH.Ru/c1-14-9-16(3)20(17(4)10-14)22-7-8-23(13-22)21-18(5)11-15(2)12-19(21)6;1-4-10-16(11-5-1)19(17-12-6-2-7-13-17)18-14-8-3-9-15-18;1-2-6-12(7-3-1)15-11-10-13-8-4-5-9-14(13)15;;;/h9-12H,7-8H2,1-6H3;16-18H,1-15H2;1-9,11H;2*1H;/q;;;;;+1/p-1. The van der Waals surface area contributed by atoms with Crippen molar-refractivity contribution in [2.45, 2.75) is 155 Å². The molecule has 4 aromatic carbocycles. The van der Waals surface area contributed by atoms with E-state index in [1.165, 1.54) is 172 Å². The summed E-state index contributed by atoms with van der Waals surface area (Å²) < 4.78 is 2.69. The van der Waals surface area contributed by atoms with Gasteiger partial charge in [-0.25, -0.2) is 0 Å². The predicted molar refractivity (Wildman–Crippen MR) is 266 cm³/mol. The first kappa shape index (κ1) is 42.9. The molecule has 323 valence electrons. The number of benzene rings is 4. The Morgan fingerprint density at radius 1 is 0.500 bits per heavy atom. The zero-order chi connectivity index (χ0) is 41.8. The average molecular weight is 950 g/mol. The van der Waals surface area contributed by atoms with Crippen molar-refractivity contribution in [3.63, 3.8) is 0 Å². The van der Waals surface area contributed by atoms with Gasteiger partial charge in [0.2, 0.25) is 0 Å². The molecule has 0 bridgehead atoms. The van der Waals surface area contributed by atoms with E-state index in [0.29, 0.717) is 17.0 Å². The number of fused-ring (bicyclic) bond motifs is 1. The summed E-state index contributed by atoms with van der Waals surface area (Å²) in [7, 11) is 14.9. The number of nitrogens with zero attached hydrogens (tertiary/aromatic N) is 2. The first-order valence-corrected chi connectivity index (χ1v) is 34.4. The van der Waals surface area contributed by atoms with Crippen LogP contribution in [0.5, 0.6) is 0 Å². The molecule has 9 rings (SSSR count). The summed E-state index contributed by atoms with van der Waals surface area (Å²) in [5.41, 5.74) is 14.9. The van der Waals surface area contributed by atoms with Gasteiger partial charge in [0.15, 0.2) is 0 Å². The van der Waals surface area contributed by atoms with Gasteiger partial charge >= 0.3 is 373 Å². The molecule has 0 amide bonds. The molecule has 5 aliphatic rings. The minimum atomic E-state index is -5.26. The van der Waals surface area contributed by atoms with Crippen molar-refractivity contribution >= 4 is 50.4 Å². The van der Waals surface area contributed by atoms with Crippen LogP contribution in [0.15, 0.2) is 84.9 Å². The molecule has 1 aliphatic heterocycles. The Bertz CT molecular complexity index is 2300. The molecular weight excluding hydrogens is 880 g/mol. The summed E-state index contributed by atoms with van der Waals surface area (Å²) in [6.45, 7) is 15.7. The van der Waals surface area contributed by atoms with E-state index in [0.717, 1.165) is 13.1 Å². The van der Waals surface area contributed by atoms with Crippen molar-refractivity contribution in [2.24, 2.45) is 0 Å². The van der Waals surface area contributed by atoms with Crippen LogP contribution in [0.1, 0.15) is 146 Å². The second-order valence-electron chi connectivity index (χ2n) is 19.4. The first-order chi connectivity index (χ1) is 28.9. The number of anilines is 2. The monoisotopic (exact) mass is 949 g/mol. The zero-order valence-corrected chi connectivity index (χ0v) is 41.6. The topological polar surface area (TPSA) is 6.48 Å². The van der Waals surface area contributed by atoms with E-state index in [9.17, 15) is 19.4 Å². The number of rotatable bonds is 7. The van der Waals surface area contributed by atoms with Crippen LogP contribution in [0.25, 0.3) is 5.57 Å². The average Bonchev–Trinajstić information content (AvgIpc) is 3.86. The fourth-order valence-electron chi connectivity index (χ4n) is 13.5. The summed E-state index contributed by atoms with van der Waals surface area (Å²) >= 11 is 0. The molecule has 0 aromatic heterocycles. The molecule has 0 spiro atoms. The Morgan fingerprint density at radius 2 is 0.883 bits per heavy atom. The van der Waals surface area contributed by atoms with Crippen LogP contribution in [0.3, 0.4) is 0 Å². The Balaban J connectivity index is 1.58. The van der Waals surface area contributed by atoms with Gasteiger partial charge in [-0.3, -0.25) is 0 Å². The van der Waals surface area contributed by atoms with Crippen LogP contribution in [0, 0.1) is 41.5 Å². The number of halogens is 2. The molecule has 1 heterocycles. The molecular formula is C54H70Cl2N2PRu. The normalized spacial score (nSPS) is 20.9. The van der Waals surface area contributed by atoms with E-state index >= 15 is 0 Å². The Labute approximate surface area is 370 Å². The molecule has 4 aromatic rings. The van der Waals surface area contributed by atoms with Crippen molar-refractivity contribution in [3.8, 4) is 0 Å². The van der Waals surface area contributed by atoms with E-state index in [-0.39, 0.29) is 0 Å². The third-order valence-electron chi connectivity index (χ3n) is 15.4.